The number of benzene rings is 1. The van der Waals surface area contributed by atoms with Crippen molar-refractivity contribution in [3.8, 4) is 0 Å². The van der Waals surface area contributed by atoms with E-state index < -0.39 is 0 Å². The lowest BCUT2D eigenvalue weighted by Crippen LogP contribution is -2.38. The van der Waals surface area contributed by atoms with Crippen molar-refractivity contribution in [2.75, 3.05) is 27.2 Å². The van der Waals surface area contributed by atoms with Crippen LogP contribution in [0.1, 0.15) is 29.5 Å². The van der Waals surface area contributed by atoms with Crippen LogP contribution in [0, 0.1) is 0 Å². The SMILES string of the molecule is CN=C(NCc1ccc(CN2CCC(O)CC2)cc1)N(C)Cc1cnn(C)c1. The molecule has 1 aromatic carbocycles. The predicted octanol–water partition coefficient (Wildman–Crippen LogP) is 1.58. The van der Waals surface area contributed by atoms with Gasteiger partial charge in [-0.2, -0.15) is 5.10 Å². The molecule has 28 heavy (non-hydrogen) atoms. The second-order valence-electron chi connectivity index (χ2n) is 7.60. The highest BCUT2D eigenvalue weighted by Gasteiger charge is 2.16. The van der Waals surface area contributed by atoms with Crippen LogP contribution in [0.2, 0.25) is 0 Å². The standard InChI is InChI=1S/C21H32N6O/c1-22-21(25(2)14-19-13-24-26(3)15-19)23-12-17-4-6-18(7-5-17)16-27-10-8-20(28)9-11-27/h4-7,13,15,20,28H,8-12,14,16H2,1-3H3,(H,22,23). The molecule has 7 heteroatoms. The van der Waals surface area contributed by atoms with Gasteiger partial charge in [0.2, 0.25) is 0 Å². The molecule has 0 unspecified atom stereocenters. The molecule has 0 saturated carbocycles. The first-order valence-electron chi connectivity index (χ1n) is 9.91. The molecule has 1 fully saturated rings. The smallest absolute Gasteiger partial charge is 0.193 e. The average molecular weight is 385 g/mol. The molecule has 1 aliphatic rings. The first kappa shape index (κ1) is 20.4. The summed E-state index contributed by atoms with van der Waals surface area (Å²) in [4.78, 5) is 8.89. The van der Waals surface area contributed by atoms with Gasteiger partial charge in [-0.15, -0.1) is 0 Å². The Balaban J connectivity index is 1.47. The summed E-state index contributed by atoms with van der Waals surface area (Å²) in [5, 5.41) is 17.3. The maximum atomic E-state index is 9.63. The van der Waals surface area contributed by atoms with Gasteiger partial charge in [0.25, 0.3) is 0 Å². The molecule has 152 valence electrons. The van der Waals surface area contributed by atoms with E-state index in [2.05, 4.69) is 49.5 Å². The fraction of sp³-hybridized carbons (Fsp3) is 0.524. The van der Waals surface area contributed by atoms with Crippen molar-refractivity contribution >= 4 is 5.96 Å². The van der Waals surface area contributed by atoms with Crippen molar-refractivity contribution in [1.82, 2.24) is 24.9 Å². The van der Waals surface area contributed by atoms with Crippen molar-refractivity contribution in [3.63, 3.8) is 0 Å². The number of aromatic nitrogens is 2. The highest BCUT2D eigenvalue weighted by atomic mass is 16.3. The number of aryl methyl sites for hydroxylation is 1. The molecule has 7 nitrogen and oxygen atoms in total. The first-order chi connectivity index (χ1) is 13.5. The van der Waals surface area contributed by atoms with E-state index in [-0.39, 0.29) is 6.10 Å². The zero-order chi connectivity index (χ0) is 19.9. The number of aliphatic hydroxyl groups excluding tert-OH is 1. The van der Waals surface area contributed by atoms with Crippen LogP contribution >= 0.6 is 0 Å². The number of rotatable bonds is 6. The summed E-state index contributed by atoms with van der Waals surface area (Å²) < 4.78 is 1.81. The minimum atomic E-state index is -0.115. The van der Waals surface area contributed by atoms with E-state index in [0.29, 0.717) is 0 Å². The molecular formula is C21H32N6O. The highest BCUT2D eigenvalue weighted by molar-refractivity contribution is 5.79. The van der Waals surface area contributed by atoms with E-state index in [1.807, 2.05) is 31.2 Å². The van der Waals surface area contributed by atoms with Crippen molar-refractivity contribution in [2.45, 2.75) is 38.6 Å². The van der Waals surface area contributed by atoms with Crippen molar-refractivity contribution < 1.29 is 5.11 Å². The third kappa shape index (κ3) is 5.81. The Morgan fingerprint density at radius 3 is 2.50 bits per heavy atom. The van der Waals surface area contributed by atoms with Gasteiger partial charge in [-0.05, 0) is 24.0 Å². The maximum absolute atomic E-state index is 9.63. The van der Waals surface area contributed by atoms with E-state index in [1.165, 1.54) is 11.1 Å². The molecule has 1 aromatic heterocycles. The predicted molar refractivity (Wildman–Crippen MR) is 112 cm³/mol. The summed E-state index contributed by atoms with van der Waals surface area (Å²) in [5.74, 6) is 0.861. The number of nitrogens with zero attached hydrogens (tertiary/aromatic N) is 5. The van der Waals surface area contributed by atoms with Gasteiger partial charge in [-0.1, -0.05) is 24.3 Å². The Hall–Kier alpha value is -2.38. The molecule has 0 aliphatic carbocycles. The van der Waals surface area contributed by atoms with E-state index in [0.717, 1.165) is 57.1 Å². The molecule has 2 heterocycles. The Morgan fingerprint density at radius 2 is 1.89 bits per heavy atom. The van der Waals surface area contributed by atoms with Gasteiger partial charge < -0.3 is 15.3 Å². The van der Waals surface area contributed by atoms with E-state index in [9.17, 15) is 5.11 Å². The lowest BCUT2D eigenvalue weighted by Gasteiger charge is -2.29. The summed E-state index contributed by atoms with van der Waals surface area (Å²) in [7, 11) is 5.76. The Morgan fingerprint density at radius 1 is 1.21 bits per heavy atom. The van der Waals surface area contributed by atoms with Gasteiger partial charge >= 0.3 is 0 Å². The second kappa shape index (κ2) is 9.71. The monoisotopic (exact) mass is 384 g/mol. The first-order valence-corrected chi connectivity index (χ1v) is 9.91. The molecule has 0 radical (unpaired) electrons. The van der Waals surface area contributed by atoms with Crippen LogP contribution in [-0.4, -0.2) is 63.9 Å². The van der Waals surface area contributed by atoms with Crippen LogP contribution < -0.4 is 5.32 Å². The number of aliphatic hydroxyl groups is 1. The minimum absolute atomic E-state index is 0.115. The normalized spacial score (nSPS) is 16.4. The van der Waals surface area contributed by atoms with Gasteiger partial charge in [0, 0.05) is 65.6 Å². The van der Waals surface area contributed by atoms with Crippen LogP contribution in [-0.2, 0) is 26.7 Å². The molecule has 0 amide bonds. The van der Waals surface area contributed by atoms with E-state index in [1.54, 1.807) is 7.05 Å². The van der Waals surface area contributed by atoms with Gasteiger partial charge in [0.15, 0.2) is 5.96 Å². The van der Waals surface area contributed by atoms with Crippen LogP contribution in [0.3, 0.4) is 0 Å². The topological polar surface area (TPSA) is 68.9 Å². The summed E-state index contributed by atoms with van der Waals surface area (Å²) >= 11 is 0. The number of likely N-dealkylation sites (tertiary alicyclic amines) is 1. The van der Waals surface area contributed by atoms with Crippen molar-refractivity contribution in [3.05, 3.63) is 53.3 Å². The van der Waals surface area contributed by atoms with Crippen LogP contribution in [0.25, 0.3) is 0 Å². The molecule has 1 aliphatic heterocycles. The molecule has 0 bridgehead atoms. The molecule has 2 aromatic rings. The minimum Gasteiger partial charge on any atom is -0.393 e. The molecule has 0 atom stereocenters. The van der Waals surface area contributed by atoms with Crippen molar-refractivity contribution in [2.24, 2.45) is 12.0 Å². The van der Waals surface area contributed by atoms with Crippen LogP contribution in [0.15, 0.2) is 41.7 Å². The quantitative estimate of drug-likeness (QED) is 0.585. The van der Waals surface area contributed by atoms with Crippen LogP contribution in [0.4, 0.5) is 0 Å². The lowest BCUT2D eigenvalue weighted by atomic mass is 10.1. The van der Waals surface area contributed by atoms with E-state index >= 15 is 0 Å². The van der Waals surface area contributed by atoms with Gasteiger partial charge in [0.05, 0.1) is 12.3 Å². The number of hydrogen-bond donors (Lipinski definition) is 2. The fourth-order valence-corrected chi connectivity index (χ4v) is 3.57. The number of guanidine groups is 1. The summed E-state index contributed by atoms with van der Waals surface area (Å²) in [6.07, 6.45) is 5.55. The summed E-state index contributed by atoms with van der Waals surface area (Å²) in [6, 6.07) is 8.75. The molecule has 0 spiro atoms. The number of piperidine rings is 1. The zero-order valence-corrected chi connectivity index (χ0v) is 17.2. The highest BCUT2D eigenvalue weighted by Crippen LogP contribution is 2.14. The Kier molecular flexibility index (Phi) is 7.06. The third-order valence-corrected chi connectivity index (χ3v) is 5.19. The third-order valence-electron chi connectivity index (χ3n) is 5.19. The maximum Gasteiger partial charge on any atom is 0.193 e. The van der Waals surface area contributed by atoms with E-state index in [4.69, 9.17) is 0 Å². The molecule has 3 rings (SSSR count). The summed E-state index contributed by atoms with van der Waals surface area (Å²) in [5.41, 5.74) is 3.70. The fourth-order valence-electron chi connectivity index (χ4n) is 3.57. The van der Waals surface area contributed by atoms with Gasteiger partial charge in [-0.25, -0.2) is 0 Å². The lowest BCUT2D eigenvalue weighted by molar-refractivity contribution is 0.0792. The second-order valence-corrected chi connectivity index (χ2v) is 7.60. The zero-order valence-electron chi connectivity index (χ0n) is 17.2. The average Bonchev–Trinajstić information content (AvgIpc) is 3.10. The molecule has 2 N–H and O–H groups in total. The van der Waals surface area contributed by atoms with Gasteiger partial charge in [-0.3, -0.25) is 14.6 Å². The largest absolute Gasteiger partial charge is 0.393 e. The Bertz CT molecular complexity index is 761. The van der Waals surface area contributed by atoms with Crippen molar-refractivity contribution in [1.29, 1.82) is 0 Å². The molecular weight excluding hydrogens is 352 g/mol. The number of aliphatic imine (C=N–C) groups is 1. The summed E-state index contributed by atoms with van der Waals surface area (Å²) in [6.45, 7) is 4.40. The van der Waals surface area contributed by atoms with Gasteiger partial charge in [0.1, 0.15) is 0 Å². The van der Waals surface area contributed by atoms with Crippen LogP contribution in [0.5, 0.6) is 0 Å². The molecule has 1 saturated heterocycles. The number of hydrogen-bond acceptors (Lipinski definition) is 4. The number of nitrogens with one attached hydrogen (secondary N) is 1. The Labute approximate surface area is 167 Å².